The quantitative estimate of drug-likeness (QED) is 0.690. The van der Waals surface area contributed by atoms with Crippen LogP contribution in [0.25, 0.3) is 0 Å². The Bertz CT molecular complexity index is 293. The molecule has 0 saturated carbocycles. The van der Waals surface area contributed by atoms with Crippen molar-refractivity contribution in [3.8, 4) is 0 Å². The Labute approximate surface area is 86.7 Å². The van der Waals surface area contributed by atoms with Crippen LogP contribution in [0.5, 0.6) is 0 Å². The second-order valence-electron chi connectivity index (χ2n) is 4.67. The normalized spacial score (nSPS) is 26.9. The Morgan fingerprint density at radius 3 is 2.57 bits per heavy atom. The lowest BCUT2D eigenvalue weighted by Crippen LogP contribution is -2.23. The van der Waals surface area contributed by atoms with Crippen molar-refractivity contribution in [1.82, 2.24) is 0 Å². The third-order valence-electron chi connectivity index (χ3n) is 3.53. The van der Waals surface area contributed by atoms with Crippen LogP contribution in [0, 0.1) is 5.41 Å². The van der Waals surface area contributed by atoms with Crippen LogP contribution in [0.1, 0.15) is 26.7 Å². The fourth-order valence-corrected chi connectivity index (χ4v) is 2.17. The summed E-state index contributed by atoms with van der Waals surface area (Å²) in [6.45, 7) is 7.13. The number of hydrogen-bond acceptors (Lipinski definition) is 1. The summed E-state index contributed by atoms with van der Waals surface area (Å²) in [5.74, 6) is 0. The highest BCUT2D eigenvalue weighted by Gasteiger charge is 2.31. The molecule has 1 saturated heterocycles. The van der Waals surface area contributed by atoms with E-state index in [9.17, 15) is 0 Å². The monoisotopic (exact) mass is 189 g/mol. The van der Waals surface area contributed by atoms with E-state index in [4.69, 9.17) is 0 Å². The molecular formula is C13H19N. The van der Waals surface area contributed by atoms with Gasteiger partial charge < -0.3 is 4.90 Å². The molecule has 1 unspecified atom stereocenters. The molecule has 1 aliphatic rings. The highest BCUT2D eigenvalue weighted by molar-refractivity contribution is 5.47. The van der Waals surface area contributed by atoms with Gasteiger partial charge in [-0.15, -0.1) is 0 Å². The third-order valence-corrected chi connectivity index (χ3v) is 3.53. The van der Waals surface area contributed by atoms with Gasteiger partial charge in [0.25, 0.3) is 0 Å². The second-order valence-corrected chi connectivity index (χ2v) is 4.67. The molecule has 0 aliphatic carbocycles. The number of benzene rings is 1. The molecule has 0 spiro atoms. The van der Waals surface area contributed by atoms with E-state index in [1.807, 2.05) is 0 Å². The van der Waals surface area contributed by atoms with Crippen molar-refractivity contribution >= 4 is 5.69 Å². The van der Waals surface area contributed by atoms with Crippen LogP contribution in [0.2, 0.25) is 0 Å². The minimum atomic E-state index is 0.538. The Kier molecular flexibility index (Phi) is 2.49. The predicted octanol–water partition coefficient (Wildman–Crippen LogP) is 3.31. The molecule has 1 aromatic carbocycles. The van der Waals surface area contributed by atoms with Gasteiger partial charge >= 0.3 is 0 Å². The van der Waals surface area contributed by atoms with Crippen LogP contribution in [0.4, 0.5) is 5.69 Å². The minimum Gasteiger partial charge on any atom is -0.371 e. The summed E-state index contributed by atoms with van der Waals surface area (Å²) < 4.78 is 0. The van der Waals surface area contributed by atoms with Crippen LogP contribution in [0.15, 0.2) is 30.3 Å². The number of rotatable bonds is 2. The summed E-state index contributed by atoms with van der Waals surface area (Å²) >= 11 is 0. The standard InChI is InChI=1S/C13H19N/c1-3-13(2)9-10-14(11-13)12-7-5-4-6-8-12/h4-8H,3,9-11H2,1-2H3. The van der Waals surface area contributed by atoms with E-state index in [0.717, 1.165) is 0 Å². The summed E-state index contributed by atoms with van der Waals surface area (Å²) in [5, 5.41) is 0. The molecule has 0 N–H and O–H groups in total. The van der Waals surface area contributed by atoms with Crippen LogP contribution < -0.4 is 4.90 Å². The van der Waals surface area contributed by atoms with Crippen molar-refractivity contribution in [2.24, 2.45) is 5.41 Å². The van der Waals surface area contributed by atoms with Crippen LogP contribution in [0.3, 0.4) is 0 Å². The van der Waals surface area contributed by atoms with Crippen LogP contribution >= 0.6 is 0 Å². The van der Waals surface area contributed by atoms with Gasteiger partial charge in [0, 0.05) is 18.8 Å². The summed E-state index contributed by atoms with van der Waals surface area (Å²) in [6, 6.07) is 10.7. The summed E-state index contributed by atoms with van der Waals surface area (Å²) in [7, 11) is 0. The highest BCUT2D eigenvalue weighted by Crippen LogP contribution is 2.35. The van der Waals surface area contributed by atoms with Crippen molar-refractivity contribution in [2.45, 2.75) is 26.7 Å². The molecule has 0 aromatic heterocycles. The maximum atomic E-state index is 2.50. The van der Waals surface area contributed by atoms with Gasteiger partial charge in [-0.2, -0.15) is 0 Å². The number of hydrogen-bond donors (Lipinski definition) is 0. The first-order chi connectivity index (χ1) is 6.73. The molecule has 1 atom stereocenters. The fourth-order valence-electron chi connectivity index (χ4n) is 2.17. The van der Waals surface area contributed by atoms with E-state index < -0.39 is 0 Å². The van der Waals surface area contributed by atoms with E-state index >= 15 is 0 Å². The van der Waals surface area contributed by atoms with E-state index in [0.29, 0.717) is 5.41 Å². The molecule has 1 fully saturated rings. The molecule has 2 rings (SSSR count). The zero-order chi connectivity index (χ0) is 10.0. The van der Waals surface area contributed by atoms with Gasteiger partial charge in [-0.3, -0.25) is 0 Å². The molecule has 14 heavy (non-hydrogen) atoms. The smallest absolute Gasteiger partial charge is 0.0366 e. The first-order valence-electron chi connectivity index (χ1n) is 5.53. The Balaban J connectivity index is 2.10. The Hall–Kier alpha value is -0.980. The second kappa shape index (κ2) is 3.64. The van der Waals surface area contributed by atoms with E-state index in [1.165, 1.54) is 31.6 Å². The molecule has 0 bridgehead atoms. The molecule has 1 nitrogen and oxygen atoms in total. The maximum Gasteiger partial charge on any atom is 0.0366 e. The molecule has 1 heterocycles. The minimum absolute atomic E-state index is 0.538. The van der Waals surface area contributed by atoms with Gasteiger partial charge in [0.05, 0.1) is 0 Å². The number of nitrogens with zero attached hydrogens (tertiary/aromatic N) is 1. The topological polar surface area (TPSA) is 3.24 Å². The third kappa shape index (κ3) is 1.77. The lowest BCUT2D eigenvalue weighted by atomic mass is 9.87. The molecule has 0 radical (unpaired) electrons. The maximum absolute atomic E-state index is 2.50. The summed E-state index contributed by atoms with van der Waals surface area (Å²) in [4.78, 5) is 2.50. The predicted molar refractivity (Wildman–Crippen MR) is 61.7 cm³/mol. The molecule has 1 aromatic rings. The van der Waals surface area contributed by atoms with Crippen molar-refractivity contribution in [1.29, 1.82) is 0 Å². The largest absolute Gasteiger partial charge is 0.371 e. The lowest BCUT2D eigenvalue weighted by Gasteiger charge is -2.23. The molecule has 1 heteroatoms. The van der Waals surface area contributed by atoms with Crippen LogP contribution in [-0.4, -0.2) is 13.1 Å². The SMILES string of the molecule is CCC1(C)CCN(c2ccccc2)C1. The van der Waals surface area contributed by atoms with Crippen molar-refractivity contribution < 1.29 is 0 Å². The molecule has 1 aliphatic heterocycles. The van der Waals surface area contributed by atoms with Crippen LogP contribution in [-0.2, 0) is 0 Å². The zero-order valence-electron chi connectivity index (χ0n) is 9.16. The molecular weight excluding hydrogens is 170 g/mol. The summed E-state index contributed by atoms with van der Waals surface area (Å²) in [6.07, 6.45) is 2.62. The van der Waals surface area contributed by atoms with Gasteiger partial charge in [-0.05, 0) is 30.4 Å². The zero-order valence-corrected chi connectivity index (χ0v) is 9.16. The average molecular weight is 189 g/mol. The Morgan fingerprint density at radius 1 is 1.29 bits per heavy atom. The first-order valence-corrected chi connectivity index (χ1v) is 5.53. The molecule has 76 valence electrons. The highest BCUT2D eigenvalue weighted by atomic mass is 15.2. The van der Waals surface area contributed by atoms with Gasteiger partial charge in [0.15, 0.2) is 0 Å². The lowest BCUT2D eigenvalue weighted by molar-refractivity contribution is 0.355. The fraction of sp³-hybridized carbons (Fsp3) is 0.538. The van der Waals surface area contributed by atoms with Gasteiger partial charge in [-0.25, -0.2) is 0 Å². The first kappa shape index (κ1) is 9.57. The van der Waals surface area contributed by atoms with Gasteiger partial charge in [0.1, 0.15) is 0 Å². The van der Waals surface area contributed by atoms with Crippen molar-refractivity contribution in [2.75, 3.05) is 18.0 Å². The van der Waals surface area contributed by atoms with E-state index in [-0.39, 0.29) is 0 Å². The van der Waals surface area contributed by atoms with Crippen molar-refractivity contribution in [3.63, 3.8) is 0 Å². The average Bonchev–Trinajstić information content (AvgIpc) is 2.63. The Morgan fingerprint density at radius 2 is 2.00 bits per heavy atom. The summed E-state index contributed by atoms with van der Waals surface area (Å²) in [5.41, 5.74) is 1.92. The number of para-hydroxylation sites is 1. The number of anilines is 1. The molecule has 0 amide bonds. The van der Waals surface area contributed by atoms with Crippen molar-refractivity contribution in [3.05, 3.63) is 30.3 Å². The van der Waals surface area contributed by atoms with Gasteiger partial charge in [-0.1, -0.05) is 32.0 Å². The van der Waals surface area contributed by atoms with E-state index in [2.05, 4.69) is 49.1 Å². The van der Waals surface area contributed by atoms with E-state index in [1.54, 1.807) is 0 Å². The van der Waals surface area contributed by atoms with Gasteiger partial charge in [0.2, 0.25) is 0 Å².